The van der Waals surface area contributed by atoms with E-state index in [9.17, 15) is 13.2 Å². The van der Waals surface area contributed by atoms with E-state index in [0.717, 1.165) is 51.7 Å². The molecule has 3 aromatic carbocycles. The number of nitrogens with zero attached hydrogens (tertiary/aromatic N) is 5. The molecule has 1 aliphatic rings. The molecule has 3 atom stereocenters. The summed E-state index contributed by atoms with van der Waals surface area (Å²) in [5.74, 6) is 0.474. The number of carbonyl (C=O) groups excluding carboxylic acids is 1. The van der Waals surface area contributed by atoms with Crippen molar-refractivity contribution in [1.29, 1.82) is 0 Å². The predicted octanol–water partition coefficient (Wildman–Crippen LogP) is 6.70. The minimum Gasteiger partial charge on any atom is -0.489 e. The molecule has 0 fully saturated rings. The van der Waals surface area contributed by atoms with E-state index in [-0.39, 0.29) is 41.0 Å². The molecule has 0 aliphatic carbocycles. The van der Waals surface area contributed by atoms with Crippen molar-refractivity contribution in [2.24, 2.45) is 17.1 Å². The van der Waals surface area contributed by atoms with Crippen LogP contribution < -0.4 is 15.8 Å². The number of aryl methyl sites for hydroxylation is 3. The molecule has 12 heteroatoms. The smallest absolute Gasteiger partial charge is 0.231 e. The van der Waals surface area contributed by atoms with Crippen molar-refractivity contribution in [1.82, 2.24) is 25.0 Å². The number of para-hydroxylation sites is 1. The van der Waals surface area contributed by atoms with Gasteiger partial charge in [-0.3, -0.25) is 4.79 Å². The van der Waals surface area contributed by atoms with Gasteiger partial charge in [-0.25, -0.2) is 23.1 Å². The molecule has 2 aromatic heterocycles. The zero-order valence-corrected chi connectivity index (χ0v) is 31.7. The van der Waals surface area contributed by atoms with Gasteiger partial charge >= 0.3 is 0 Å². The van der Waals surface area contributed by atoms with E-state index >= 15 is 0 Å². The number of hydrogen-bond donors (Lipinski definition) is 2. The number of benzene rings is 3. The fourth-order valence-electron chi connectivity index (χ4n) is 7.45. The molecule has 5 aromatic rings. The van der Waals surface area contributed by atoms with Gasteiger partial charge in [0, 0.05) is 12.5 Å². The van der Waals surface area contributed by atoms with Gasteiger partial charge in [0.25, 0.3) is 0 Å². The van der Waals surface area contributed by atoms with Crippen LogP contribution in [0.3, 0.4) is 0 Å². The maximum atomic E-state index is 14.3. The number of nitrogens with one attached hydrogen (secondary N) is 1. The van der Waals surface area contributed by atoms with Crippen LogP contribution in [0.4, 0.5) is 5.69 Å². The largest absolute Gasteiger partial charge is 0.489 e. The third kappa shape index (κ3) is 7.45. The summed E-state index contributed by atoms with van der Waals surface area (Å²) < 4.78 is 35.2. The van der Waals surface area contributed by atoms with Crippen LogP contribution in [0.2, 0.25) is 0 Å². The third-order valence-corrected chi connectivity index (χ3v) is 12.4. The van der Waals surface area contributed by atoms with Crippen LogP contribution in [-0.4, -0.2) is 51.1 Å². The second-order valence-corrected chi connectivity index (χ2v) is 16.5. The first kappa shape index (κ1) is 37.1. The van der Waals surface area contributed by atoms with Gasteiger partial charge in [-0.2, -0.15) is 0 Å². The van der Waals surface area contributed by atoms with Crippen LogP contribution in [0.25, 0.3) is 11.0 Å². The summed E-state index contributed by atoms with van der Waals surface area (Å²) in [6.07, 6.45) is 5.73. The van der Waals surface area contributed by atoms with Gasteiger partial charge in [-0.15, -0.1) is 5.10 Å². The number of fused-ring (bicyclic) bond motifs is 2. The maximum absolute atomic E-state index is 14.3. The maximum Gasteiger partial charge on any atom is 0.231 e. The summed E-state index contributed by atoms with van der Waals surface area (Å²) in [4.78, 5) is 23.1. The van der Waals surface area contributed by atoms with E-state index < -0.39 is 15.3 Å². The molecule has 1 amide bonds. The molecule has 0 spiro atoms. The van der Waals surface area contributed by atoms with Gasteiger partial charge in [-0.05, 0) is 98.4 Å². The second-order valence-electron chi connectivity index (χ2n) is 14.4. The van der Waals surface area contributed by atoms with Crippen LogP contribution in [0.5, 0.6) is 5.75 Å². The lowest BCUT2D eigenvalue weighted by Gasteiger charge is -2.35. The highest BCUT2D eigenvalue weighted by Crippen LogP contribution is 2.45. The third-order valence-electron chi connectivity index (χ3n) is 10.6. The molecule has 52 heavy (non-hydrogen) atoms. The summed E-state index contributed by atoms with van der Waals surface area (Å²) in [7, 11) is -3.53. The topological polar surface area (TPSA) is 155 Å². The average molecular weight is 724 g/mol. The van der Waals surface area contributed by atoms with Crippen molar-refractivity contribution in [3.8, 4) is 5.75 Å². The number of carbonyl (C=O) groups is 1. The van der Waals surface area contributed by atoms with E-state index in [1.54, 1.807) is 30.6 Å². The van der Waals surface area contributed by atoms with E-state index in [4.69, 9.17) is 10.5 Å². The van der Waals surface area contributed by atoms with Crippen LogP contribution in [-0.2, 0) is 34.1 Å². The number of anilines is 1. The quantitative estimate of drug-likeness (QED) is 0.160. The first-order valence-corrected chi connectivity index (χ1v) is 19.7. The zero-order chi connectivity index (χ0) is 37.2. The summed E-state index contributed by atoms with van der Waals surface area (Å²) in [6.45, 7) is 13.1. The van der Waals surface area contributed by atoms with Gasteiger partial charge < -0.3 is 15.8 Å². The molecule has 11 nitrogen and oxygen atoms in total. The first-order valence-electron chi connectivity index (χ1n) is 18.1. The minimum atomic E-state index is -3.53. The predicted molar refractivity (Wildman–Crippen MR) is 203 cm³/mol. The Balaban J connectivity index is 1.39. The van der Waals surface area contributed by atoms with E-state index in [2.05, 4.69) is 63.7 Å². The Labute approximate surface area is 306 Å². The van der Waals surface area contributed by atoms with Crippen LogP contribution in [0.1, 0.15) is 86.5 Å². The van der Waals surface area contributed by atoms with Crippen molar-refractivity contribution in [3.63, 3.8) is 0 Å². The molecule has 0 saturated heterocycles. The summed E-state index contributed by atoms with van der Waals surface area (Å²) in [5, 5.41) is 12.0. The number of sulfone groups is 1. The van der Waals surface area contributed by atoms with E-state index in [1.165, 1.54) is 0 Å². The van der Waals surface area contributed by atoms with Gasteiger partial charge in [0.2, 0.25) is 5.91 Å². The Morgan fingerprint density at radius 1 is 1.08 bits per heavy atom. The van der Waals surface area contributed by atoms with Gasteiger partial charge in [-0.1, -0.05) is 62.4 Å². The first-order chi connectivity index (χ1) is 24.9. The summed E-state index contributed by atoms with van der Waals surface area (Å²) >= 11 is 0. The van der Waals surface area contributed by atoms with E-state index in [1.807, 2.05) is 44.5 Å². The highest BCUT2D eigenvalue weighted by Gasteiger charge is 2.40. The van der Waals surface area contributed by atoms with Crippen molar-refractivity contribution in [3.05, 3.63) is 101 Å². The Bertz CT molecular complexity index is 2180. The molecule has 0 saturated carbocycles. The van der Waals surface area contributed by atoms with Crippen LogP contribution in [0.15, 0.2) is 71.9 Å². The average Bonchev–Trinajstić information content (AvgIpc) is 3.58. The Morgan fingerprint density at radius 3 is 2.54 bits per heavy atom. The van der Waals surface area contributed by atoms with Crippen molar-refractivity contribution < 1.29 is 17.9 Å². The fraction of sp³-hybridized carbons (Fsp3) is 0.425. The van der Waals surface area contributed by atoms with E-state index in [0.29, 0.717) is 36.6 Å². The van der Waals surface area contributed by atoms with Crippen molar-refractivity contribution in [2.75, 3.05) is 11.1 Å². The molecule has 0 bridgehead atoms. The van der Waals surface area contributed by atoms with Gasteiger partial charge in [0.05, 0.1) is 47.4 Å². The monoisotopic (exact) mass is 723 g/mol. The molecule has 3 N–H and O–H groups in total. The highest BCUT2D eigenvalue weighted by atomic mass is 32.2. The number of nitrogens with two attached hydrogens (primary N) is 1. The van der Waals surface area contributed by atoms with Gasteiger partial charge in [0.1, 0.15) is 22.0 Å². The Hall–Kier alpha value is -4.68. The summed E-state index contributed by atoms with van der Waals surface area (Å²) in [5.41, 5.74) is 12.1. The zero-order valence-electron chi connectivity index (χ0n) is 30.9. The highest BCUT2D eigenvalue weighted by molar-refractivity contribution is 7.91. The standard InChI is InChI=1S/C40H49N7O4S/c1-7-31-20-27(17-18-52(49,50)35-12-10-9-11-34(35)51-31)19-29-21-28(14-13-25(29)3)37(32-15-16-33-38(26(32)4)45-46-47(33)8-2)40(5,6)39(48)44-30-23-42-36(22-41)43-24-30/h9-16,21,23-24,27,31,37H,7-8,17-20,22,41H2,1-6H3,(H,44,48)/t27?,31-,37+/m1/s1. The molecule has 274 valence electrons. The number of ether oxygens (including phenoxy) is 1. The summed E-state index contributed by atoms with van der Waals surface area (Å²) in [6, 6.07) is 17.5. The minimum absolute atomic E-state index is 0.0522. The number of amides is 1. The SMILES string of the molecule is CC[C@@H]1CC(Cc2cc([C@@H](c3ccc4c(nnn4CC)c3C)C(C)(C)C(=O)Nc3cnc(CN)nc3)ccc2C)CCS(=O)(=O)c2ccccc2O1. The van der Waals surface area contributed by atoms with Crippen LogP contribution in [0, 0.1) is 25.2 Å². The van der Waals surface area contributed by atoms with Crippen LogP contribution >= 0.6 is 0 Å². The molecular formula is C40H49N7O4S. The molecule has 3 heterocycles. The number of aromatic nitrogens is 5. The van der Waals surface area contributed by atoms with Gasteiger partial charge in [0.15, 0.2) is 9.84 Å². The fourth-order valence-corrected chi connectivity index (χ4v) is 9.03. The lowest BCUT2D eigenvalue weighted by molar-refractivity contribution is -0.124. The lowest BCUT2D eigenvalue weighted by Crippen LogP contribution is -2.37. The number of hydrogen-bond acceptors (Lipinski definition) is 9. The molecule has 0 radical (unpaired) electrons. The molecule has 1 unspecified atom stereocenters. The Kier molecular flexibility index (Phi) is 10.8. The van der Waals surface area contributed by atoms with Crippen molar-refractivity contribution >= 4 is 32.5 Å². The second kappa shape index (κ2) is 15.1. The normalized spacial score (nSPS) is 18.1. The lowest BCUT2D eigenvalue weighted by atomic mass is 9.69. The molecule has 1 aliphatic heterocycles. The molecule has 6 rings (SSSR count). The number of rotatable bonds is 10. The molecular weight excluding hydrogens is 675 g/mol. The van der Waals surface area contributed by atoms with Crippen molar-refractivity contribution in [2.45, 2.75) is 97.2 Å². The Morgan fingerprint density at radius 2 is 1.83 bits per heavy atom.